The van der Waals surface area contributed by atoms with Gasteiger partial charge in [-0.05, 0) is 36.6 Å². The zero-order valence-electron chi connectivity index (χ0n) is 11.1. The van der Waals surface area contributed by atoms with Crippen molar-refractivity contribution in [3.8, 4) is 6.07 Å². The first kappa shape index (κ1) is 13.3. The van der Waals surface area contributed by atoms with E-state index in [2.05, 4.69) is 43.0 Å². The third-order valence-electron chi connectivity index (χ3n) is 3.41. The molecule has 0 bridgehead atoms. The molecule has 1 unspecified atom stereocenters. The summed E-state index contributed by atoms with van der Waals surface area (Å²) in [5, 5.41) is 9.43. The van der Waals surface area contributed by atoms with Crippen molar-refractivity contribution >= 4 is 17.4 Å². The van der Waals surface area contributed by atoms with Crippen molar-refractivity contribution in [2.24, 2.45) is 5.92 Å². The lowest BCUT2D eigenvalue weighted by Gasteiger charge is -2.33. The number of thioether (sulfide) groups is 1. The highest BCUT2D eigenvalue weighted by Crippen LogP contribution is 2.32. The Hall–Kier alpha value is -1.14. The molecule has 1 atom stereocenters. The van der Waals surface area contributed by atoms with Gasteiger partial charge in [0.1, 0.15) is 6.07 Å². The van der Waals surface area contributed by atoms with Crippen LogP contribution in [0.4, 0.5) is 5.69 Å². The zero-order valence-corrected chi connectivity index (χ0v) is 12.0. The lowest BCUT2D eigenvalue weighted by atomic mass is 9.99. The van der Waals surface area contributed by atoms with Crippen LogP contribution >= 0.6 is 11.8 Å². The average Bonchev–Trinajstić information content (AvgIpc) is 2.39. The molecule has 2 nitrogen and oxygen atoms in total. The summed E-state index contributed by atoms with van der Waals surface area (Å²) < 4.78 is 0. The van der Waals surface area contributed by atoms with Crippen molar-refractivity contribution < 1.29 is 0 Å². The Balaban J connectivity index is 2.32. The zero-order chi connectivity index (χ0) is 13.0. The van der Waals surface area contributed by atoms with Crippen LogP contribution in [0.2, 0.25) is 0 Å². The van der Waals surface area contributed by atoms with Gasteiger partial charge in [0, 0.05) is 18.0 Å². The Labute approximate surface area is 114 Å². The molecule has 1 saturated heterocycles. The molecule has 0 radical (unpaired) electrons. The molecule has 1 aromatic carbocycles. The highest BCUT2D eigenvalue weighted by molar-refractivity contribution is 7.99. The fourth-order valence-electron chi connectivity index (χ4n) is 2.58. The van der Waals surface area contributed by atoms with E-state index in [1.165, 1.54) is 12.8 Å². The van der Waals surface area contributed by atoms with Gasteiger partial charge in [0.2, 0.25) is 0 Å². The SMILES string of the molecule is CCSc1cccc(N2CCCC(C)C2)c1C#N. The summed E-state index contributed by atoms with van der Waals surface area (Å²) in [6.07, 6.45) is 2.54. The van der Waals surface area contributed by atoms with Crippen LogP contribution in [-0.4, -0.2) is 18.8 Å². The molecular weight excluding hydrogens is 240 g/mol. The quantitative estimate of drug-likeness (QED) is 0.771. The Kier molecular flexibility index (Phi) is 4.54. The highest BCUT2D eigenvalue weighted by Gasteiger charge is 2.20. The first-order chi connectivity index (χ1) is 8.76. The third kappa shape index (κ3) is 2.81. The molecule has 0 spiro atoms. The molecule has 2 rings (SSSR count). The molecule has 0 N–H and O–H groups in total. The molecule has 96 valence electrons. The fraction of sp³-hybridized carbons (Fsp3) is 0.533. The van der Waals surface area contributed by atoms with Crippen molar-refractivity contribution in [1.29, 1.82) is 5.26 Å². The summed E-state index contributed by atoms with van der Waals surface area (Å²) >= 11 is 1.76. The van der Waals surface area contributed by atoms with Crippen LogP contribution in [0.25, 0.3) is 0 Å². The van der Waals surface area contributed by atoms with E-state index in [-0.39, 0.29) is 0 Å². The highest BCUT2D eigenvalue weighted by atomic mass is 32.2. The van der Waals surface area contributed by atoms with Gasteiger partial charge in [-0.2, -0.15) is 5.26 Å². The van der Waals surface area contributed by atoms with Gasteiger partial charge in [-0.25, -0.2) is 0 Å². The van der Waals surface area contributed by atoms with Crippen molar-refractivity contribution in [3.63, 3.8) is 0 Å². The smallest absolute Gasteiger partial charge is 0.103 e. The van der Waals surface area contributed by atoms with Gasteiger partial charge in [0.25, 0.3) is 0 Å². The topological polar surface area (TPSA) is 27.0 Å². The van der Waals surface area contributed by atoms with Gasteiger partial charge in [-0.3, -0.25) is 0 Å². The summed E-state index contributed by atoms with van der Waals surface area (Å²) in [6, 6.07) is 8.63. The van der Waals surface area contributed by atoms with Gasteiger partial charge < -0.3 is 4.90 Å². The first-order valence-corrected chi connectivity index (χ1v) is 7.65. The third-order valence-corrected chi connectivity index (χ3v) is 4.35. The van der Waals surface area contributed by atoms with E-state index in [0.717, 1.165) is 40.9 Å². The predicted molar refractivity (Wildman–Crippen MR) is 78.2 cm³/mol. The number of nitrogens with zero attached hydrogens (tertiary/aromatic N) is 2. The van der Waals surface area contributed by atoms with Crippen LogP contribution in [0, 0.1) is 17.2 Å². The minimum absolute atomic E-state index is 0.729. The summed E-state index contributed by atoms with van der Waals surface area (Å²) in [5.41, 5.74) is 1.99. The van der Waals surface area contributed by atoms with E-state index in [9.17, 15) is 5.26 Å². The van der Waals surface area contributed by atoms with Crippen LogP contribution in [0.5, 0.6) is 0 Å². The molecule has 1 aliphatic rings. The largest absolute Gasteiger partial charge is 0.370 e. The van der Waals surface area contributed by atoms with E-state index < -0.39 is 0 Å². The Morgan fingerprint density at radius 2 is 2.33 bits per heavy atom. The van der Waals surface area contributed by atoms with E-state index in [0.29, 0.717) is 0 Å². The second-order valence-corrected chi connectivity index (χ2v) is 6.19. The van der Waals surface area contributed by atoms with E-state index in [4.69, 9.17) is 0 Å². The molecule has 0 amide bonds. The number of hydrogen-bond acceptors (Lipinski definition) is 3. The van der Waals surface area contributed by atoms with Gasteiger partial charge >= 0.3 is 0 Å². The maximum Gasteiger partial charge on any atom is 0.103 e. The maximum absolute atomic E-state index is 9.43. The molecule has 1 aromatic rings. The van der Waals surface area contributed by atoms with E-state index in [1.54, 1.807) is 11.8 Å². The van der Waals surface area contributed by atoms with Crippen LogP contribution in [0.15, 0.2) is 23.1 Å². The van der Waals surface area contributed by atoms with Crippen molar-refractivity contribution in [1.82, 2.24) is 0 Å². The van der Waals surface area contributed by atoms with Crippen LogP contribution < -0.4 is 4.90 Å². The molecule has 1 fully saturated rings. The Morgan fingerprint density at radius 1 is 1.50 bits per heavy atom. The molecule has 1 heterocycles. The maximum atomic E-state index is 9.43. The van der Waals surface area contributed by atoms with Crippen molar-refractivity contribution in [3.05, 3.63) is 23.8 Å². The van der Waals surface area contributed by atoms with Crippen LogP contribution in [0.3, 0.4) is 0 Å². The monoisotopic (exact) mass is 260 g/mol. The van der Waals surface area contributed by atoms with E-state index >= 15 is 0 Å². The summed E-state index contributed by atoms with van der Waals surface area (Å²) in [6.45, 7) is 6.58. The number of piperidine rings is 1. The minimum atomic E-state index is 0.729. The molecule has 0 aromatic heterocycles. The number of benzene rings is 1. The van der Waals surface area contributed by atoms with E-state index in [1.807, 2.05) is 0 Å². The number of hydrogen-bond donors (Lipinski definition) is 0. The standard InChI is InChI=1S/C15H20N2S/c1-3-18-15-8-4-7-14(13(15)10-16)17-9-5-6-12(2)11-17/h4,7-8,12H,3,5-6,9,11H2,1-2H3. The van der Waals surface area contributed by atoms with Crippen LogP contribution in [0.1, 0.15) is 32.3 Å². The minimum Gasteiger partial charge on any atom is -0.370 e. The lowest BCUT2D eigenvalue weighted by molar-refractivity contribution is 0.446. The average molecular weight is 260 g/mol. The Bertz CT molecular complexity index is 450. The molecular formula is C15H20N2S. The van der Waals surface area contributed by atoms with Gasteiger partial charge in [-0.15, -0.1) is 11.8 Å². The van der Waals surface area contributed by atoms with Crippen molar-refractivity contribution in [2.45, 2.75) is 31.6 Å². The lowest BCUT2D eigenvalue weighted by Crippen LogP contribution is -2.34. The summed E-state index contributed by atoms with van der Waals surface area (Å²) in [4.78, 5) is 3.50. The number of rotatable bonds is 3. The van der Waals surface area contributed by atoms with Gasteiger partial charge in [-0.1, -0.05) is 19.9 Å². The molecule has 18 heavy (non-hydrogen) atoms. The second-order valence-electron chi connectivity index (χ2n) is 4.89. The van der Waals surface area contributed by atoms with Gasteiger partial charge in [0.15, 0.2) is 0 Å². The summed E-state index contributed by atoms with van der Waals surface area (Å²) in [5.74, 6) is 1.74. The second kappa shape index (κ2) is 6.15. The fourth-order valence-corrected chi connectivity index (χ4v) is 3.36. The Morgan fingerprint density at radius 3 is 3.00 bits per heavy atom. The predicted octanol–water partition coefficient (Wildman–Crippen LogP) is 3.91. The first-order valence-electron chi connectivity index (χ1n) is 6.67. The number of anilines is 1. The molecule has 1 aliphatic heterocycles. The molecule has 3 heteroatoms. The molecule has 0 aliphatic carbocycles. The number of nitriles is 1. The molecule has 0 saturated carbocycles. The van der Waals surface area contributed by atoms with Crippen LogP contribution in [-0.2, 0) is 0 Å². The van der Waals surface area contributed by atoms with Gasteiger partial charge in [0.05, 0.1) is 11.3 Å². The normalized spacial score (nSPS) is 19.6. The summed E-state index contributed by atoms with van der Waals surface area (Å²) in [7, 11) is 0. The van der Waals surface area contributed by atoms with Crippen molar-refractivity contribution in [2.75, 3.05) is 23.7 Å².